The summed E-state index contributed by atoms with van der Waals surface area (Å²) in [6.45, 7) is 3.19. The highest BCUT2D eigenvalue weighted by Crippen LogP contribution is 2.15. The lowest BCUT2D eigenvalue weighted by molar-refractivity contribution is 0.0124. The first-order valence-corrected chi connectivity index (χ1v) is 3.90. The molecule has 0 aromatic heterocycles. The second kappa shape index (κ2) is 3.45. The van der Waals surface area contributed by atoms with Crippen molar-refractivity contribution in [3.05, 3.63) is 0 Å². The third kappa shape index (κ3) is 3.62. The van der Waals surface area contributed by atoms with E-state index in [9.17, 15) is 8.78 Å². The molecule has 1 fully saturated rings. The molecule has 0 amide bonds. The SMILES string of the molecule is CC(F)(F)CCNC1CNC1. The maximum atomic E-state index is 12.2. The summed E-state index contributed by atoms with van der Waals surface area (Å²) in [6, 6.07) is 0.414. The zero-order chi connectivity index (χ0) is 8.32. The number of hydrogen-bond donors (Lipinski definition) is 2. The van der Waals surface area contributed by atoms with Gasteiger partial charge in [-0.25, -0.2) is 8.78 Å². The first-order chi connectivity index (χ1) is 5.08. The average Bonchev–Trinajstić information content (AvgIpc) is 1.73. The van der Waals surface area contributed by atoms with Gasteiger partial charge in [0.15, 0.2) is 0 Å². The van der Waals surface area contributed by atoms with Gasteiger partial charge in [-0.3, -0.25) is 0 Å². The first kappa shape index (κ1) is 8.87. The highest BCUT2D eigenvalue weighted by molar-refractivity contribution is 4.81. The fraction of sp³-hybridized carbons (Fsp3) is 1.00. The van der Waals surface area contributed by atoms with Crippen molar-refractivity contribution in [2.75, 3.05) is 19.6 Å². The van der Waals surface area contributed by atoms with Crippen LogP contribution in [0.15, 0.2) is 0 Å². The molecule has 0 spiro atoms. The Labute approximate surface area is 65.4 Å². The molecule has 1 rings (SSSR count). The molecular weight excluding hydrogens is 150 g/mol. The third-order valence-corrected chi connectivity index (χ3v) is 1.78. The van der Waals surface area contributed by atoms with Gasteiger partial charge in [0.05, 0.1) is 0 Å². The zero-order valence-electron chi connectivity index (χ0n) is 6.66. The summed E-state index contributed by atoms with van der Waals surface area (Å²) in [6.07, 6.45) is -0.0660. The second-order valence-corrected chi connectivity index (χ2v) is 3.13. The molecule has 0 aromatic carbocycles. The van der Waals surface area contributed by atoms with E-state index in [0.29, 0.717) is 12.6 Å². The molecule has 1 aliphatic heterocycles. The van der Waals surface area contributed by atoms with Gasteiger partial charge in [-0.1, -0.05) is 0 Å². The van der Waals surface area contributed by atoms with Gasteiger partial charge in [0.2, 0.25) is 5.92 Å². The molecule has 4 heteroatoms. The van der Waals surface area contributed by atoms with Crippen LogP contribution in [0.25, 0.3) is 0 Å². The van der Waals surface area contributed by atoms with E-state index < -0.39 is 5.92 Å². The minimum atomic E-state index is -2.52. The fourth-order valence-electron chi connectivity index (χ4n) is 0.929. The second-order valence-electron chi connectivity index (χ2n) is 3.13. The fourth-order valence-corrected chi connectivity index (χ4v) is 0.929. The maximum absolute atomic E-state index is 12.2. The third-order valence-electron chi connectivity index (χ3n) is 1.78. The largest absolute Gasteiger partial charge is 0.314 e. The number of rotatable bonds is 4. The van der Waals surface area contributed by atoms with Crippen molar-refractivity contribution in [3.63, 3.8) is 0 Å². The van der Waals surface area contributed by atoms with Crippen molar-refractivity contribution in [2.24, 2.45) is 0 Å². The zero-order valence-corrected chi connectivity index (χ0v) is 6.66. The van der Waals surface area contributed by atoms with Crippen LogP contribution in [0.5, 0.6) is 0 Å². The van der Waals surface area contributed by atoms with Gasteiger partial charge < -0.3 is 10.6 Å². The van der Waals surface area contributed by atoms with E-state index in [2.05, 4.69) is 10.6 Å². The predicted molar refractivity (Wildman–Crippen MR) is 39.9 cm³/mol. The molecule has 0 saturated carbocycles. The Morgan fingerprint density at radius 2 is 2.18 bits per heavy atom. The molecule has 2 nitrogen and oxygen atoms in total. The molecule has 0 unspecified atom stereocenters. The first-order valence-electron chi connectivity index (χ1n) is 3.90. The average molecular weight is 164 g/mol. The molecule has 0 radical (unpaired) electrons. The predicted octanol–water partition coefficient (Wildman–Crippen LogP) is 0.593. The Kier molecular flexibility index (Phi) is 2.78. The van der Waals surface area contributed by atoms with E-state index in [1.807, 2.05) is 0 Å². The normalized spacial score (nSPS) is 19.9. The Morgan fingerprint density at radius 1 is 1.55 bits per heavy atom. The van der Waals surface area contributed by atoms with Crippen molar-refractivity contribution < 1.29 is 8.78 Å². The summed E-state index contributed by atoms with van der Waals surface area (Å²) < 4.78 is 24.5. The summed E-state index contributed by atoms with van der Waals surface area (Å²) in [4.78, 5) is 0. The van der Waals surface area contributed by atoms with Crippen molar-refractivity contribution in [2.45, 2.75) is 25.3 Å². The smallest absolute Gasteiger partial charge is 0.246 e. The van der Waals surface area contributed by atoms with Crippen LogP contribution in [-0.4, -0.2) is 31.6 Å². The van der Waals surface area contributed by atoms with Gasteiger partial charge >= 0.3 is 0 Å². The van der Waals surface area contributed by atoms with Crippen LogP contribution in [-0.2, 0) is 0 Å². The lowest BCUT2D eigenvalue weighted by atomic mass is 10.1. The number of halogens is 2. The molecule has 0 aromatic rings. The summed E-state index contributed by atoms with van der Waals surface area (Å²) in [5, 5.41) is 6.09. The highest BCUT2D eigenvalue weighted by Gasteiger charge is 2.22. The Hall–Kier alpha value is -0.220. The van der Waals surface area contributed by atoms with Gasteiger partial charge in [-0.15, -0.1) is 0 Å². The van der Waals surface area contributed by atoms with Gasteiger partial charge in [0, 0.05) is 32.1 Å². The van der Waals surface area contributed by atoms with Crippen LogP contribution in [0.2, 0.25) is 0 Å². The van der Waals surface area contributed by atoms with Gasteiger partial charge in [-0.2, -0.15) is 0 Å². The number of hydrogen-bond acceptors (Lipinski definition) is 2. The van der Waals surface area contributed by atoms with Gasteiger partial charge in [-0.05, 0) is 6.92 Å². The molecule has 1 saturated heterocycles. The van der Waals surface area contributed by atoms with E-state index >= 15 is 0 Å². The molecule has 0 bridgehead atoms. The molecule has 0 aliphatic carbocycles. The van der Waals surface area contributed by atoms with Crippen LogP contribution in [0, 0.1) is 0 Å². The highest BCUT2D eigenvalue weighted by atomic mass is 19.3. The van der Waals surface area contributed by atoms with Crippen molar-refractivity contribution in [3.8, 4) is 0 Å². The minimum absolute atomic E-state index is 0.0660. The van der Waals surface area contributed by atoms with E-state index in [0.717, 1.165) is 20.0 Å². The van der Waals surface area contributed by atoms with Crippen molar-refractivity contribution in [1.29, 1.82) is 0 Å². The summed E-state index contributed by atoms with van der Waals surface area (Å²) in [5.41, 5.74) is 0. The molecule has 1 aliphatic rings. The van der Waals surface area contributed by atoms with Crippen LogP contribution in [0.4, 0.5) is 8.78 Å². The van der Waals surface area contributed by atoms with Crippen LogP contribution in [0.3, 0.4) is 0 Å². The monoisotopic (exact) mass is 164 g/mol. The number of alkyl halides is 2. The van der Waals surface area contributed by atoms with E-state index in [4.69, 9.17) is 0 Å². The Bertz CT molecular complexity index is 118. The topological polar surface area (TPSA) is 24.1 Å². The summed E-state index contributed by atoms with van der Waals surface area (Å²) in [5.74, 6) is -2.52. The molecule has 0 atom stereocenters. The van der Waals surface area contributed by atoms with E-state index in [1.54, 1.807) is 0 Å². The summed E-state index contributed by atoms with van der Waals surface area (Å²) >= 11 is 0. The van der Waals surface area contributed by atoms with Gasteiger partial charge in [0.1, 0.15) is 0 Å². The minimum Gasteiger partial charge on any atom is -0.314 e. The molecule has 2 N–H and O–H groups in total. The molecule has 66 valence electrons. The number of nitrogens with one attached hydrogen (secondary N) is 2. The molecule has 11 heavy (non-hydrogen) atoms. The van der Waals surface area contributed by atoms with E-state index in [1.165, 1.54) is 0 Å². The van der Waals surface area contributed by atoms with Crippen molar-refractivity contribution in [1.82, 2.24) is 10.6 Å². The van der Waals surface area contributed by atoms with Gasteiger partial charge in [0.25, 0.3) is 0 Å². The Morgan fingerprint density at radius 3 is 2.55 bits per heavy atom. The molecule has 1 heterocycles. The van der Waals surface area contributed by atoms with E-state index in [-0.39, 0.29) is 6.42 Å². The van der Waals surface area contributed by atoms with Crippen LogP contribution in [0.1, 0.15) is 13.3 Å². The maximum Gasteiger partial charge on any atom is 0.246 e. The Balaban J connectivity index is 1.95. The van der Waals surface area contributed by atoms with Crippen LogP contribution < -0.4 is 10.6 Å². The lowest BCUT2D eigenvalue weighted by Crippen LogP contribution is -2.55. The van der Waals surface area contributed by atoms with Crippen LogP contribution >= 0.6 is 0 Å². The lowest BCUT2D eigenvalue weighted by Gasteiger charge is -2.28. The summed E-state index contributed by atoms with van der Waals surface area (Å²) in [7, 11) is 0. The standard InChI is InChI=1S/C7H14F2N2/c1-7(8,9)2-3-11-6-4-10-5-6/h6,10-11H,2-5H2,1H3. The quantitative estimate of drug-likeness (QED) is 0.635. The molecular formula is C7H14F2N2. The van der Waals surface area contributed by atoms with Crippen molar-refractivity contribution >= 4 is 0 Å².